The molecule has 21 heavy (non-hydrogen) atoms. The summed E-state index contributed by atoms with van der Waals surface area (Å²) in [6.07, 6.45) is 8.78. The topological polar surface area (TPSA) is 40.6 Å². The van der Waals surface area contributed by atoms with E-state index in [4.69, 9.17) is 0 Å². The highest BCUT2D eigenvalue weighted by Gasteiger charge is 2.38. The summed E-state index contributed by atoms with van der Waals surface area (Å²) in [5, 5.41) is 0. The third-order valence-electron chi connectivity index (χ3n) is 5.34. The Morgan fingerprint density at radius 3 is 2.38 bits per heavy atom. The molecular formula is C17H28N2O2. The summed E-state index contributed by atoms with van der Waals surface area (Å²) in [7, 11) is 0. The Balaban J connectivity index is 1.61. The number of rotatable bonds is 2. The molecule has 0 aromatic rings. The van der Waals surface area contributed by atoms with Crippen molar-refractivity contribution in [3.8, 4) is 0 Å². The van der Waals surface area contributed by atoms with Crippen LogP contribution in [0.5, 0.6) is 0 Å². The van der Waals surface area contributed by atoms with Gasteiger partial charge in [0.15, 0.2) is 0 Å². The molecule has 0 aromatic carbocycles. The van der Waals surface area contributed by atoms with Gasteiger partial charge in [0, 0.05) is 31.6 Å². The van der Waals surface area contributed by atoms with Gasteiger partial charge in [-0.1, -0.05) is 12.8 Å². The number of piperidine rings is 1. The molecule has 2 heterocycles. The van der Waals surface area contributed by atoms with Crippen LogP contribution in [0.2, 0.25) is 0 Å². The average molecular weight is 292 g/mol. The van der Waals surface area contributed by atoms with E-state index in [0.29, 0.717) is 24.4 Å². The van der Waals surface area contributed by atoms with Gasteiger partial charge in [0.2, 0.25) is 11.8 Å². The maximum atomic E-state index is 12.9. The summed E-state index contributed by atoms with van der Waals surface area (Å²) in [5.41, 5.74) is 0. The largest absolute Gasteiger partial charge is 0.342 e. The van der Waals surface area contributed by atoms with Gasteiger partial charge in [-0.2, -0.15) is 0 Å². The Morgan fingerprint density at radius 1 is 0.810 bits per heavy atom. The molecule has 0 unspecified atom stereocenters. The summed E-state index contributed by atoms with van der Waals surface area (Å²) >= 11 is 0. The molecular weight excluding hydrogens is 264 g/mol. The van der Waals surface area contributed by atoms with Crippen molar-refractivity contribution in [2.45, 2.75) is 64.3 Å². The maximum Gasteiger partial charge on any atom is 0.227 e. The van der Waals surface area contributed by atoms with Crippen molar-refractivity contribution in [2.24, 2.45) is 11.8 Å². The number of amides is 2. The van der Waals surface area contributed by atoms with Gasteiger partial charge >= 0.3 is 0 Å². The summed E-state index contributed by atoms with van der Waals surface area (Å²) in [4.78, 5) is 29.1. The standard InChI is InChI=1S/C17H28N2O2/c1-13-6-3-2-4-11-19(13)17(21)15-7-5-10-18(12-15)16(20)14-8-9-14/h13-15H,2-12H2,1H3/t13-,15-/m1/s1. The number of carbonyl (C=O) groups is 2. The average Bonchev–Trinajstić information content (AvgIpc) is 3.34. The van der Waals surface area contributed by atoms with Crippen molar-refractivity contribution in [3.63, 3.8) is 0 Å². The minimum absolute atomic E-state index is 0.0435. The smallest absolute Gasteiger partial charge is 0.227 e. The lowest BCUT2D eigenvalue weighted by molar-refractivity contribution is -0.142. The number of nitrogens with zero attached hydrogens (tertiary/aromatic N) is 2. The summed E-state index contributed by atoms with van der Waals surface area (Å²) in [5.74, 6) is 0.923. The van der Waals surface area contributed by atoms with E-state index in [-0.39, 0.29) is 11.8 Å². The minimum Gasteiger partial charge on any atom is -0.342 e. The van der Waals surface area contributed by atoms with Crippen LogP contribution in [-0.2, 0) is 9.59 Å². The van der Waals surface area contributed by atoms with Crippen LogP contribution in [0.25, 0.3) is 0 Å². The monoisotopic (exact) mass is 292 g/mol. The molecule has 0 aromatic heterocycles. The maximum absolute atomic E-state index is 12.9. The highest BCUT2D eigenvalue weighted by molar-refractivity contribution is 5.83. The van der Waals surface area contributed by atoms with Gasteiger partial charge < -0.3 is 9.80 Å². The third-order valence-corrected chi connectivity index (χ3v) is 5.34. The van der Waals surface area contributed by atoms with Crippen LogP contribution in [0, 0.1) is 11.8 Å². The fourth-order valence-electron chi connectivity index (χ4n) is 3.80. The fourth-order valence-corrected chi connectivity index (χ4v) is 3.80. The fraction of sp³-hybridized carbons (Fsp3) is 0.882. The van der Waals surface area contributed by atoms with Crippen molar-refractivity contribution in [3.05, 3.63) is 0 Å². The molecule has 1 saturated carbocycles. The van der Waals surface area contributed by atoms with E-state index < -0.39 is 0 Å². The molecule has 3 rings (SSSR count). The molecule has 2 aliphatic heterocycles. The molecule has 3 aliphatic rings. The number of carbonyl (C=O) groups excluding carboxylic acids is 2. The van der Waals surface area contributed by atoms with Gasteiger partial charge in [0.1, 0.15) is 0 Å². The van der Waals surface area contributed by atoms with Crippen LogP contribution < -0.4 is 0 Å². The second-order valence-electron chi connectivity index (χ2n) is 7.13. The highest BCUT2D eigenvalue weighted by Crippen LogP contribution is 2.33. The first-order valence-corrected chi connectivity index (χ1v) is 8.76. The lowest BCUT2D eigenvalue weighted by Gasteiger charge is -2.36. The first-order chi connectivity index (χ1) is 10.2. The first kappa shape index (κ1) is 14.9. The molecule has 0 bridgehead atoms. The van der Waals surface area contributed by atoms with E-state index in [9.17, 15) is 9.59 Å². The molecule has 0 radical (unpaired) electrons. The van der Waals surface area contributed by atoms with Crippen LogP contribution in [0.1, 0.15) is 58.3 Å². The van der Waals surface area contributed by atoms with Crippen LogP contribution in [0.3, 0.4) is 0 Å². The Hall–Kier alpha value is -1.06. The summed E-state index contributed by atoms with van der Waals surface area (Å²) in [6, 6.07) is 0.370. The van der Waals surface area contributed by atoms with Gasteiger partial charge in [-0.15, -0.1) is 0 Å². The zero-order chi connectivity index (χ0) is 14.8. The second-order valence-corrected chi connectivity index (χ2v) is 7.13. The van der Waals surface area contributed by atoms with E-state index >= 15 is 0 Å². The lowest BCUT2D eigenvalue weighted by Crippen LogP contribution is -2.49. The predicted octanol–water partition coefficient (Wildman–Crippen LogP) is 2.43. The van der Waals surface area contributed by atoms with Crippen LogP contribution >= 0.6 is 0 Å². The first-order valence-electron chi connectivity index (χ1n) is 8.76. The molecule has 2 amide bonds. The van der Waals surface area contributed by atoms with Gasteiger partial charge in [-0.25, -0.2) is 0 Å². The summed E-state index contributed by atoms with van der Waals surface area (Å²) in [6.45, 7) is 4.61. The number of hydrogen-bond donors (Lipinski definition) is 0. The lowest BCUT2D eigenvalue weighted by atomic mass is 9.95. The normalized spacial score (nSPS) is 30.9. The highest BCUT2D eigenvalue weighted by atomic mass is 16.2. The van der Waals surface area contributed by atoms with E-state index in [1.165, 1.54) is 12.8 Å². The predicted molar refractivity (Wildman–Crippen MR) is 81.7 cm³/mol. The third kappa shape index (κ3) is 3.41. The van der Waals surface area contributed by atoms with Crippen LogP contribution in [-0.4, -0.2) is 47.3 Å². The molecule has 1 aliphatic carbocycles. The quantitative estimate of drug-likeness (QED) is 0.784. The van der Waals surface area contributed by atoms with Crippen molar-refractivity contribution in [2.75, 3.05) is 19.6 Å². The van der Waals surface area contributed by atoms with E-state index in [2.05, 4.69) is 11.8 Å². The van der Waals surface area contributed by atoms with Gasteiger partial charge in [0.05, 0.1) is 5.92 Å². The zero-order valence-corrected chi connectivity index (χ0v) is 13.2. The SMILES string of the molecule is C[C@@H]1CCCCCN1C(=O)[C@@H]1CCCN(C(=O)C2CC2)C1. The minimum atomic E-state index is 0.0435. The zero-order valence-electron chi connectivity index (χ0n) is 13.2. The molecule has 4 heteroatoms. The van der Waals surface area contributed by atoms with E-state index in [1.54, 1.807) is 0 Å². The Morgan fingerprint density at radius 2 is 1.62 bits per heavy atom. The molecule has 2 saturated heterocycles. The molecule has 2 atom stereocenters. The summed E-state index contributed by atoms with van der Waals surface area (Å²) < 4.78 is 0. The van der Waals surface area contributed by atoms with Crippen LogP contribution in [0.4, 0.5) is 0 Å². The number of likely N-dealkylation sites (tertiary alicyclic amines) is 2. The van der Waals surface area contributed by atoms with Crippen molar-refractivity contribution in [1.82, 2.24) is 9.80 Å². The number of hydrogen-bond acceptors (Lipinski definition) is 2. The van der Waals surface area contributed by atoms with Crippen molar-refractivity contribution in [1.29, 1.82) is 0 Å². The van der Waals surface area contributed by atoms with Gasteiger partial charge in [-0.3, -0.25) is 9.59 Å². The second kappa shape index (κ2) is 6.37. The molecule has 0 N–H and O–H groups in total. The van der Waals surface area contributed by atoms with Crippen molar-refractivity contribution >= 4 is 11.8 Å². The molecule has 0 spiro atoms. The van der Waals surface area contributed by atoms with E-state index in [0.717, 1.165) is 51.6 Å². The molecule has 4 nitrogen and oxygen atoms in total. The van der Waals surface area contributed by atoms with E-state index in [1.807, 2.05) is 4.90 Å². The van der Waals surface area contributed by atoms with Gasteiger partial charge in [0.25, 0.3) is 0 Å². The molecule has 118 valence electrons. The van der Waals surface area contributed by atoms with Crippen LogP contribution in [0.15, 0.2) is 0 Å². The van der Waals surface area contributed by atoms with Gasteiger partial charge in [-0.05, 0) is 45.4 Å². The Kier molecular flexibility index (Phi) is 4.51. The van der Waals surface area contributed by atoms with Crippen molar-refractivity contribution < 1.29 is 9.59 Å². The Labute approximate surface area is 127 Å². The Bertz CT molecular complexity index is 406. The molecule has 3 fully saturated rings.